The summed E-state index contributed by atoms with van der Waals surface area (Å²) in [6.07, 6.45) is 3.07. The maximum absolute atomic E-state index is 12.3. The van der Waals surface area contributed by atoms with E-state index in [1.54, 1.807) is 0 Å². The second kappa shape index (κ2) is 6.56. The molecular formula is C15H18INO3. The van der Waals surface area contributed by atoms with Gasteiger partial charge in [-0.3, -0.25) is 9.59 Å². The van der Waals surface area contributed by atoms with Crippen molar-refractivity contribution in [3.8, 4) is 0 Å². The van der Waals surface area contributed by atoms with Crippen molar-refractivity contribution in [1.82, 2.24) is 0 Å². The van der Waals surface area contributed by atoms with Crippen molar-refractivity contribution in [2.75, 3.05) is 5.32 Å². The maximum Gasteiger partial charge on any atom is 0.307 e. The van der Waals surface area contributed by atoms with Crippen LogP contribution in [0.4, 0.5) is 5.69 Å². The van der Waals surface area contributed by atoms with Crippen molar-refractivity contribution in [2.24, 2.45) is 11.8 Å². The molecule has 5 heteroatoms. The Morgan fingerprint density at radius 1 is 1.25 bits per heavy atom. The van der Waals surface area contributed by atoms with Crippen molar-refractivity contribution >= 4 is 40.2 Å². The van der Waals surface area contributed by atoms with Gasteiger partial charge in [0.2, 0.25) is 5.91 Å². The highest BCUT2D eigenvalue weighted by Crippen LogP contribution is 2.31. The number of carboxylic acids is 1. The molecule has 1 fully saturated rings. The smallest absolute Gasteiger partial charge is 0.307 e. The van der Waals surface area contributed by atoms with Crippen molar-refractivity contribution in [1.29, 1.82) is 0 Å². The van der Waals surface area contributed by atoms with E-state index in [1.165, 1.54) is 0 Å². The molecule has 0 heterocycles. The largest absolute Gasteiger partial charge is 0.481 e. The zero-order valence-electron chi connectivity index (χ0n) is 11.4. The molecule has 2 unspecified atom stereocenters. The number of carboxylic acid groups (broad SMARTS) is 1. The summed E-state index contributed by atoms with van der Waals surface area (Å²) >= 11 is 2.22. The molecule has 0 radical (unpaired) electrons. The number of anilines is 1. The van der Waals surface area contributed by atoms with Crippen LogP contribution in [0.15, 0.2) is 18.2 Å². The molecule has 1 saturated carbocycles. The molecule has 4 nitrogen and oxygen atoms in total. The average Bonchev–Trinajstić information content (AvgIpc) is 2.43. The lowest BCUT2D eigenvalue weighted by Gasteiger charge is -2.27. The third kappa shape index (κ3) is 3.50. The molecule has 1 aromatic rings. The van der Waals surface area contributed by atoms with Gasteiger partial charge in [0.15, 0.2) is 0 Å². The Kier molecular flexibility index (Phi) is 5.01. The van der Waals surface area contributed by atoms with Crippen LogP contribution in [0.1, 0.15) is 31.2 Å². The number of amides is 1. The van der Waals surface area contributed by atoms with Crippen molar-refractivity contribution in [3.63, 3.8) is 0 Å². The van der Waals surface area contributed by atoms with Crippen LogP contribution in [-0.4, -0.2) is 17.0 Å². The maximum atomic E-state index is 12.3. The fourth-order valence-corrected chi connectivity index (χ4v) is 3.16. The Morgan fingerprint density at radius 2 is 1.90 bits per heavy atom. The number of aliphatic carboxylic acids is 1. The first-order valence-corrected chi connectivity index (χ1v) is 7.86. The summed E-state index contributed by atoms with van der Waals surface area (Å²) in [7, 11) is 0. The van der Waals surface area contributed by atoms with E-state index in [9.17, 15) is 14.7 Å². The van der Waals surface area contributed by atoms with Gasteiger partial charge in [0.05, 0.1) is 11.8 Å². The van der Waals surface area contributed by atoms with Crippen LogP contribution >= 0.6 is 22.6 Å². The SMILES string of the molecule is Cc1ccc(NC(=O)C2CCCCC2C(=O)O)cc1I. The van der Waals surface area contributed by atoms with E-state index >= 15 is 0 Å². The van der Waals surface area contributed by atoms with Crippen LogP contribution in [0.3, 0.4) is 0 Å². The highest BCUT2D eigenvalue weighted by atomic mass is 127. The minimum absolute atomic E-state index is 0.170. The molecule has 0 aromatic heterocycles. The number of nitrogens with one attached hydrogen (secondary N) is 1. The molecule has 0 spiro atoms. The van der Waals surface area contributed by atoms with E-state index in [4.69, 9.17) is 0 Å². The lowest BCUT2D eigenvalue weighted by molar-refractivity contribution is -0.147. The molecule has 1 aliphatic rings. The molecule has 2 rings (SSSR count). The monoisotopic (exact) mass is 387 g/mol. The number of carbonyl (C=O) groups excluding carboxylic acids is 1. The van der Waals surface area contributed by atoms with Crippen LogP contribution in [0, 0.1) is 22.3 Å². The molecule has 0 bridgehead atoms. The Labute approximate surface area is 132 Å². The summed E-state index contributed by atoms with van der Waals surface area (Å²) in [5.41, 5.74) is 1.89. The molecule has 2 N–H and O–H groups in total. The molecule has 1 aromatic carbocycles. The third-order valence-corrected chi connectivity index (χ3v) is 5.02. The second-order valence-corrected chi connectivity index (χ2v) is 6.45. The van der Waals surface area contributed by atoms with Gasteiger partial charge in [-0.25, -0.2) is 0 Å². The number of hydrogen-bond acceptors (Lipinski definition) is 2. The highest BCUT2D eigenvalue weighted by molar-refractivity contribution is 14.1. The van der Waals surface area contributed by atoms with Gasteiger partial charge in [-0.15, -0.1) is 0 Å². The van der Waals surface area contributed by atoms with E-state index in [-0.39, 0.29) is 5.91 Å². The third-order valence-electron chi connectivity index (χ3n) is 3.86. The summed E-state index contributed by atoms with van der Waals surface area (Å²) in [4.78, 5) is 23.5. The number of halogens is 1. The van der Waals surface area contributed by atoms with Crippen LogP contribution in [-0.2, 0) is 9.59 Å². The van der Waals surface area contributed by atoms with Crippen LogP contribution in [0.25, 0.3) is 0 Å². The van der Waals surface area contributed by atoms with Crippen molar-refractivity contribution in [3.05, 3.63) is 27.3 Å². The summed E-state index contributed by atoms with van der Waals surface area (Å²) in [6.45, 7) is 2.01. The standard InChI is InChI=1S/C15H18INO3/c1-9-6-7-10(8-13(9)16)17-14(18)11-4-2-3-5-12(11)15(19)20/h6-8,11-12H,2-5H2,1H3,(H,17,18)(H,19,20). The Balaban J connectivity index is 2.09. The van der Waals surface area contributed by atoms with Gasteiger partial charge < -0.3 is 10.4 Å². The van der Waals surface area contributed by atoms with Gasteiger partial charge in [-0.2, -0.15) is 0 Å². The first-order valence-electron chi connectivity index (χ1n) is 6.79. The second-order valence-electron chi connectivity index (χ2n) is 5.29. The Morgan fingerprint density at radius 3 is 2.50 bits per heavy atom. The lowest BCUT2D eigenvalue weighted by Crippen LogP contribution is -2.36. The van der Waals surface area contributed by atoms with E-state index in [0.717, 1.165) is 27.7 Å². The first-order chi connectivity index (χ1) is 9.49. The molecule has 20 heavy (non-hydrogen) atoms. The normalized spacial score (nSPS) is 22.3. The van der Waals surface area contributed by atoms with Gasteiger partial charge in [0.1, 0.15) is 0 Å². The number of aryl methyl sites for hydroxylation is 1. The van der Waals surface area contributed by atoms with E-state index < -0.39 is 17.8 Å². The quantitative estimate of drug-likeness (QED) is 0.782. The summed E-state index contributed by atoms with van der Waals surface area (Å²) in [6, 6.07) is 5.72. The zero-order chi connectivity index (χ0) is 14.7. The van der Waals surface area contributed by atoms with Gasteiger partial charge >= 0.3 is 5.97 Å². The van der Waals surface area contributed by atoms with Crippen LogP contribution < -0.4 is 5.32 Å². The van der Waals surface area contributed by atoms with Gasteiger partial charge in [0.25, 0.3) is 0 Å². The molecule has 1 amide bonds. The fourth-order valence-electron chi connectivity index (χ4n) is 2.65. The Bertz CT molecular complexity index is 530. The molecule has 0 aliphatic heterocycles. The Hall–Kier alpha value is -1.11. The molecule has 0 saturated heterocycles. The van der Waals surface area contributed by atoms with Crippen molar-refractivity contribution in [2.45, 2.75) is 32.6 Å². The van der Waals surface area contributed by atoms with Crippen LogP contribution in [0.2, 0.25) is 0 Å². The predicted molar refractivity (Wildman–Crippen MR) is 85.6 cm³/mol. The number of carbonyl (C=O) groups is 2. The van der Waals surface area contributed by atoms with Gasteiger partial charge in [-0.05, 0) is 60.1 Å². The summed E-state index contributed by atoms with van der Waals surface area (Å²) in [5, 5.41) is 12.1. The number of hydrogen-bond donors (Lipinski definition) is 2. The summed E-state index contributed by atoms with van der Waals surface area (Å²) < 4.78 is 1.08. The minimum atomic E-state index is -0.858. The molecular weight excluding hydrogens is 369 g/mol. The number of rotatable bonds is 3. The number of benzene rings is 1. The zero-order valence-corrected chi connectivity index (χ0v) is 13.5. The van der Waals surface area contributed by atoms with E-state index in [2.05, 4.69) is 27.9 Å². The van der Waals surface area contributed by atoms with Gasteiger partial charge in [-0.1, -0.05) is 18.9 Å². The van der Waals surface area contributed by atoms with Crippen molar-refractivity contribution < 1.29 is 14.7 Å². The first kappa shape index (κ1) is 15.3. The average molecular weight is 387 g/mol. The molecule has 108 valence electrons. The molecule has 1 aliphatic carbocycles. The van der Waals surface area contributed by atoms with E-state index in [1.807, 2.05) is 25.1 Å². The fraction of sp³-hybridized carbons (Fsp3) is 0.467. The minimum Gasteiger partial charge on any atom is -0.481 e. The molecule has 2 atom stereocenters. The van der Waals surface area contributed by atoms with Crippen LogP contribution in [0.5, 0.6) is 0 Å². The topological polar surface area (TPSA) is 66.4 Å². The lowest BCUT2D eigenvalue weighted by atomic mass is 9.78. The summed E-state index contributed by atoms with van der Waals surface area (Å²) in [5.74, 6) is -1.99. The predicted octanol–water partition coefficient (Wildman–Crippen LogP) is 3.43. The highest BCUT2D eigenvalue weighted by Gasteiger charge is 2.35. The van der Waals surface area contributed by atoms with Gasteiger partial charge in [0, 0.05) is 9.26 Å². The van der Waals surface area contributed by atoms with E-state index in [0.29, 0.717) is 12.8 Å².